The molecule has 0 aliphatic heterocycles. The maximum Gasteiger partial charge on any atom is 0.0469 e. The van der Waals surface area contributed by atoms with E-state index >= 15 is 0 Å². The molecule has 0 fully saturated rings. The third-order valence-electron chi connectivity index (χ3n) is 1.78. The largest absolute Gasteiger partial charge is 0.358 e. The number of rotatable bonds is 4. The SMILES string of the molecule is N=Cc1cc(Cl)c(CN)cc1NPI. The molecule has 3 nitrogen and oxygen atoms in total. The Labute approximate surface area is 103 Å². The van der Waals surface area contributed by atoms with Crippen molar-refractivity contribution >= 4 is 51.9 Å². The molecule has 0 spiro atoms. The Morgan fingerprint density at radius 1 is 1.64 bits per heavy atom. The summed E-state index contributed by atoms with van der Waals surface area (Å²) in [7, 11) is 0. The van der Waals surface area contributed by atoms with Gasteiger partial charge in [0.25, 0.3) is 0 Å². The van der Waals surface area contributed by atoms with Crippen LogP contribution in [0.25, 0.3) is 0 Å². The summed E-state index contributed by atoms with van der Waals surface area (Å²) in [4.78, 5) is 0. The number of nitrogens with one attached hydrogen (secondary N) is 2. The molecule has 1 aromatic rings. The molecule has 1 rings (SSSR count). The zero-order valence-corrected chi connectivity index (χ0v) is 11.2. The van der Waals surface area contributed by atoms with Crippen LogP contribution in [-0.4, -0.2) is 6.21 Å². The van der Waals surface area contributed by atoms with Gasteiger partial charge < -0.3 is 16.2 Å². The lowest BCUT2D eigenvalue weighted by atomic mass is 10.1. The average Bonchev–Trinajstić information content (AvgIpc) is 2.20. The molecule has 1 unspecified atom stereocenters. The van der Waals surface area contributed by atoms with Crippen LogP contribution in [0, 0.1) is 5.41 Å². The highest BCUT2D eigenvalue weighted by Gasteiger charge is 2.05. The normalized spacial score (nSPS) is 10.8. The van der Waals surface area contributed by atoms with Crippen molar-refractivity contribution < 1.29 is 0 Å². The second kappa shape index (κ2) is 5.85. The summed E-state index contributed by atoms with van der Waals surface area (Å²) in [6.45, 7) is 0.413. The molecule has 0 saturated heterocycles. The summed E-state index contributed by atoms with van der Waals surface area (Å²) in [5.74, 6) is 0. The maximum atomic E-state index is 7.23. The zero-order chi connectivity index (χ0) is 10.6. The summed E-state index contributed by atoms with van der Waals surface area (Å²) in [6.07, 6.45) is 1.84. The van der Waals surface area contributed by atoms with E-state index in [0.717, 1.165) is 16.8 Å². The number of benzene rings is 1. The molecule has 0 heterocycles. The van der Waals surface area contributed by atoms with E-state index in [0.29, 0.717) is 17.9 Å². The summed E-state index contributed by atoms with van der Waals surface area (Å²) in [6, 6.07) is 3.66. The minimum Gasteiger partial charge on any atom is -0.358 e. The first-order valence-electron chi connectivity index (χ1n) is 3.87. The Bertz CT molecular complexity index is 346. The number of halogens is 2. The molecule has 76 valence electrons. The number of nitrogens with two attached hydrogens (primary N) is 1. The second-order valence-corrected chi connectivity index (χ2v) is 5.06. The van der Waals surface area contributed by atoms with Crippen molar-refractivity contribution in [1.82, 2.24) is 0 Å². The fourth-order valence-corrected chi connectivity index (χ4v) is 2.51. The van der Waals surface area contributed by atoms with Crippen molar-refractivity contribution in [3.05, 3.63) is 28.3 Å². The topological polar surface area (TPSA) is 61.9 Å². The van der Waals surface area contributed by atoms with Gasteiger partial charge in [-0.2, -0.15) is 0 Å². The molecule has 0 radical (unpaired) electrons. The molecule has 0 bridgehead atoms. The molecule has 1 atom stereocenters. The first-order chi connectivity index (χ1) is 6.72. The van der Waals surface area contributed by atoms with Gasteiger partial charge in [-0.15, -0.1) is 0 Å². The zero-order valence-electron chi connectivity index (χ0n) is 7.27. The van der Waals surface area contributed by atoms with Gasteiger partial charge in [-0.05, 0) is 39.7 Å². The highest BCUT2D eigenvalue weighted by atomic mass is 127. The quantitative estimate of drug-likeness (QED) is 0.447. The third-order valence-corrected chi connectivity index (χ3v) is 3.30. The molecule has 0 aromatic heterocycles. The number of hydrogen-bond acceptors (Lipinski definition) is 3. The van der Waals surface area contributed by atoms with Gasteiger partial charge in [-0.25, -0.2) is 0 Å². The van der Waals surface area contributed by atoms with Crippen LogP contribution in [-0.2, 0) is 6.54 Å². The minimum atomic E-state index is 0.413. The smallest absolute Gasteiger partial charge is 0.0469 e. The summed E-state index contributed by atoms with van der Waals surface area (Å²) in [5, 5.41) is 11.0. The molecule has 0 aliphatic rings. The van der Waals surface area contributed by atoms with E-state index < -0.39 is 0 Å². The fourth-order valence-electron chi connectivity index (χ4n) is 1.07. The van der Waals surface area contributed by atoms with Gasteiger partial charge in [0.2, 0.25) is 0 Å². The van der Waals surface area contributed by atoms with Crippen molar-refractivity contribution in [3.8, 4) is 0 Å². The summed E-state index contributed by atoms with van der Waals surface area (Å²) < 4.78 is 0. The van der Waals surface area contributed by atoms with E-state index in [9.17, 15) is 0 Å². The van der Waals surface area contributed by atoms with E-state index in [4.69, 9.17) is 22.7 Å². The van der Waals surface area contributed by atoms with E-state index in [1.165, 1.54) is 6.21 Å². The van der Waals surface area contributed by atoms with Crippen LogP contribution in [0.15, 0.2) is 12.1 Å². The summed E-state index contributed by atoms with van der Waals surface area (Å²) >= 11 is 8.20. The average molecular weight is 342 g/mol. The number of hydrogen-bond donors (Lipinski definition) is 3. The van der Waals surface area contributed by atoms with E-state index in [-0.39, 0.29) is 0 Å². The van der Waals surface area contributed by atoms with Gasteiger partial charge >= 0.3 is 0 Å². The first kappa shape index (κ1) is 12.2. The van der Waals surface area contributed by atoms with Crippen LogP contribution in [0.4, 0.5) is 5.69 Å². The van der Waals surface area contributed by atoms with Crippen molar-refractivity contribution in [2.45, 2.75) is 6.54 Å². The molecule has 0 aliphatic carbocycles. The Hall–Kier alpha value is 0.1000. The van der Waals surface area contributed by atoms with Crippen LogP contribution in [0.5, 0.6) is 0 Å². The van der Waals surface area contributed by atoms with Crippen molar-refractivity contribution in [1.29, 1.82) is 5.41 Å². The van der Waals surface area contributed by atoms with Crippen molar-refractivity contribution in [3.63, 3.8) is 0 Å². The standard InChI is InChI=1S/C8H10ClIN3P/c9-7-1-6(4-12)8(13-14-10)2-5(7)3-11/h1-2,4,12-14H,3,11H2. The Kier molecular flexibility index (Phi) is 5.09. The predicted molar refractivity (Wildman–Crippen MR) is 73.2 cm³/mol. The van der Waals surface area contributed by atoms with Gasteiger partial charge in [0.1, 0.15) is 0 Å². The molecular formula is C8H10ClIN3P. The summed E-state index contributed by atoms with van der Waals surface area (Å²) in [5.41, 5.74) is 8.14. The van der Waals surface area contributed by atoms with Crippen LogP contribution >= 0.6 is 40.0 Å². The monoisotopic (exact) mass is 341 g/mol. The fraction of sp³-hybridized carbons (Fsp3) is 0.125. The van der Waals surface area contributed by atoms with Gasteiger partial charge in [-0.1, -0.05) is 11.6 Å². The highest BCUT2D eigenvalue weighted by molar-refractivity contribution is 14.2. The Morgan fingerprint density at radius 3 is 2.86 bits per heavy atom. The molecule has 1 aromatic carbocycles. The second-order valence-electron chi connectivity index (χ2n) is 2.60. The van der Waals surface area contributed by atoms with Crippen LogP contribution < -0.4 is 10.8 Å². The lowest BCUT2D eigenvalue weighted by Crippen LogP contribution is -2.00. The van der Waals surface area contributed by atoms with Crippen LogP contribution in [0.2, 0.25) is 5.02 Å². The molecule has 14 heavy (non-hydrogen) atoms. The van der Waals surface area contributed by atoms with Crippen molar-refractivity contribution in [2.24, 2.45) is 5.73 Å². The maximum absolute atomic E-state index is 7.23. The van der Waals surface area contributed by atoms with Crippen LogP contribution in [0.3, 0.4) is 0 Å². The van der Waals surface area contributed by atoms with Gasteiger partial charge in [0.15, 0.2) is 0 Å². The predicted octanol–water partition coefficient (Wildman–Crippen LogP) is 3.15. The van der Waals surface area contributed by atoms with E-state index in [1.807, 2.05) is 6.07 Å². The molecule has 0 amide bonds. The molecule has 6 heteroatoms. The molecule has 4 N–H and O–H groups in total. The van der Waals surface area contributed by atoms with Gasteiger partial charge in [-0.3, -0.25) is 0 Å². The highest BCUT2D eigenvalue weighted by Crippen LogP contribution is 2.30. The molecule has 0 saturated carbocycles. The Morgan fingerprint density at radius 2 is 2.36 bits per heavy atom. The number of anilines is 1. The minimum absolute atomic E-state index is 0.413. The molecular weight excluding hydrogens is 331 g/mol. The lowest BCUT2D eigenvalue weighted by molar-refractivity contribution is 1.07. The Balaban J connectivity index is 3.17. The van der Waals surface area contributed by atoms with E-state index in [1.54, 1.807) is 6.07 Å². The lowest BCUT2D eigenvalue weighted by Gasteiger charge is -2.10. The van der Waals surface area contributed by atoms with Crippen molar-refractivity contribution in [2.75, 3.05) is 5.09 Å². The third kappa shape index (κ3) is 2.79. The van der Waals surface area contributed by atoms with Crippen LogP contribution in [0.1, 0.15) is 11.1 Å². The van der Waals surface area contributed by atoms with Gasteiger partial charge in [0, 0.05) is 35.4 Å². The first-order valence-corrected chi connectivity index (χ1v) is 8.36. The van der Waals surface area contributed by atoms with Gasteiger partial charge in [0.05, 0.1) is 0 Å². The van der Waals surface area contributed by atoms with E-state index in [2.05, 4.69) is 27.1 Å².